The lowest BCUT2D eigenvalue weighted by molar-refractivity contribution is 0.476. The summed E-state index contributed by atoms with van der Waals surface area (Å²) in [5.41, 5.74) is 6.67. The molecule has 2 heterocycles. The number of aromatic nitrogens is 7. The molecular weight excluding hydrogens is 244 g/mol. The summed E-state index contributed by atoms with van der Waals surface area (Å²) in [6, 6.07) is 0. The number of nitrogens with zero attached hydrogens (tertiary/aromatic N) is 7. The molecule has 2 N–H and O–H groups in total. The minimum absolute atomic E-state index is 0.128. The second-order valence-electron chi connectivity index (χ2n) is 5.55. The highest BCUT2D eigenvalue weighted by Gasteiger charge is 2.25. The van der Waals surface area contributed by atoms with Crippen molar-refractivity contribution in [3.05, 3.63) is 11.5 Å². The molecular formula is C11H20N8. The van der Waals surface area contributed by atoms with Gasteiger partial charge in [0.25, 0.3) is 0 Å². The lowest BCUT2D eigenvalue weighted by atomic mass is 9.92. The van der Waals surface area contributed by atoms with E-state index in [2.05, 4.69) is 53.5 Å². The third-order valence-electron chi connectivity index (χ3n) is 2.80. The fraction of sp³-hybridized carbons (Fsp3) is 0.727. The van der Waals surface area contributed by atoms with Gasteiger partial charge >= 0.3 is 0 Å². The average Bonchev–Trinajstić information content (AvgIpc) is 2.87. The highest BCUT2D eigenvalue weighted by atomic mass is 15.6. The van der Waals surface area contributed by atoms with Crippen molar-refractivity contribution < 1.29 is 0 Å². The molecule has 0 bridgehead atoms. The summed E-state index contributed by atoms with van der Waals surface area (Å²) in [5.74, 6) is 1.22. The smallest absolute Gasteiger partial charge is 0.172 e. The third kappa shape index (κ3) is 2.72. The number of aryl methyl sites for hydroxylation is 1. The summed E-state index contributed by atoms with van der Waals surface area (Å²) < 4.78 is 3.55. The van der Waals surface area contributed by atoms with E-state index in [-0.39, 0.29) is 5.41 Å². The zero-order chi connectivity index (χ0) is 14.0. The average molecular weight is 264 g/mol. The van der Waals surface area contributed by atoms with Gasteiger partial charge in [0.2, 0.25) is 0 Å². The van der Waals surface area contributed by atoms with Crippen molar-refractivity contribution >= 4 is 5.82 Å². The van der Waals surface area contributed by atoms with Gasteiger partial charge in [0.15, 0.2) is 11.6 Å². The monoisotopic (exact) mass is 264 g/mol. The molecule has 0 radical (unpaired) electrons. The van der Waals surface area contributed by atoms with Crippen molar-refractivity contribution in [1.82, 2.24) is 35.2 Å². The molecule has 0 fully saturated rings. The fourth-order valence-corrected chi connectivity index (χ4v) is 2.06. The lowest BCUT2D eigenvalue weighted by Crippen LogP contribution is -2.22. The topological polar surface area (TPSA) is 100 Å². The molecule has 0 aliphatic heterocycles. The number of tetrazole rings is 1. The van der Waals surface area contributed by atoms with Crippen LogP contribution in [-0.2, 0) is 18.5 Å². The minimum Gasteiger partial charge on any atom is -0.381 e. The van der Waals surface area contributed by atoms with Gasteiger partial charge in [-0.25, -0.2) is 9.36 Å². The first-order chi connectivity index (χ1) is 8.93. The van der Waals surface area contributed by atoms with E-state index in [1.165, 1.54) is 0 Å². The Morgan fingerprint density at radius 1 is 1.11 bits per heavy atom. The van der Waals surface area contributed by atoms with Crippen molar-refractivity contribution in [2.75, 3.05) is 5.73 Å². The van der Waals surface area contributed by atoms with Gasteiger partial charge in [0.05, 0.1) is 5.69 Å². The van der Waals surface area contributed by atoms with E-state index in [9.17, 15) is 0 Å². The number of rotatable bonds is 4. The quantitative estimate of drug-likeness (QED) is 0.868. The first-order valence-electron chi connectivity index (χ1n) is 6.38. The van der Waals surface area contributed by atoms with Crippen LogP contribution in [0.25, 0.3) is 0 Å². The van der Waals surface area contributed by atoms with E-state index < -0.39 is 0 Å². The summed E-state index contributed by atoms with van der Waals surface area (Å²) in [6.45, 7) is 9.58. The maximum Gasteiger partial charge on any atom is 0.172 e. The molecule has 0 saturated heterocycles. The largest absolute Gasteiger partial charge is 0.381 e. The number of nitrogen functional groups attached to an aromatic ring is 1. The minimum atomic E-state index is -0.128. The molecule has 0 aromatic carbocycles. The van der Waals surface area contributed by atoms with Crippen LogP contribution in [0.2, 0.25) is 0 Å². The molecule has 2 aromatic rings. The predicted molar refractivity (Wildman–Crippen MR) is 70.3 cm³/mol. The van der Waals surface area contributed by atoms with E-state index >= 15 is 0 Å². The van der Waals surface area contributed by atoms with Crippen LogP contribution in [-0.4, -0.2) is 35.2 Å². The second kappa shape index (κ2) is 4.94. The number of nitrogens with two attached hydrogens (primary N) is 1. The predicted octanol–water partition coefficient (Wildman–Crippen LogP) is 0.603. The fourth-order valence-electron chi connectivity index (χ4n) is 2.06. The van der Waals surface area contributed by atoms with Crippen LogP contribution in [0, 0.1) is 0 Å². The van der Waals surface area contributed by atoms with Crippen LogP contribution in [0.4, 0.5) is 5.82 Å². The SMILES string of the molecule is CCCn1nnnc1Cn1nnc(N)c1C(C)(C)C. The first kappa shape index (κ1) is 13.4. The molecule has 8 heteroatoms. The normalized spacial score (nSPS) is 12.0. The van der Waals surface area contributed by atoms with Crippen LogP contribution < -0.4 is 5.73 Å². The van der Waals surface area contributed by atoms with Crippen molar-refractivity contribution in [3.8, 4) is 0 Å². The zero-order valence-corrected chi connectivity index (χ0v) is 11.8. The standard InChI is InChI=1S/C11H20N8/c1-5-6-18-8(13-15-17-18)7-19-9(11(2,3)4)10(12)14-16-19/h5-7,12H2,1-4H3. The number of hydrogen-bond acceptors (Lipinski definition) is 6. The molecule has 0 saturated carbocycles. The zero-order valence-electron chi connectivity index (χ0n) is 11.8. The second-order valence-corrected chi connectivity index (χ2v) is 5.55. The van der Waals surface area contributed by atoms with E-state index in [1.807, 2.05) is 0 Å². The Morgan fingerprint density at radius 2 is 1.84 bits per heavy atom. The summed E-state index contributed by atoms with van der Waals surface area (Å²) in [6.07, 6.45) is 0.976. The molecule has 104 valence electrons. The molecule has 0 aliphatic carbocycles. The number of anilines is 1. The van der Waals surface area contributed by atoms with E-state index in [1.54, 1.807) is 9.36 Å². The Bertz CT molecular complexity index is 547. The van der Waals surface area contributed by atoms with E-state index in [4.69, 9.17) is 5.73 Å². The van der Waals surface area contributed by atoms with Crippen LogP contribution in [0.3, 0.4) is 0 Å². The maximum atomic E-state index is 5.90. The van der Waals surface area contributed by atoms with Crippen molar-refractivity contribution in [1.29, 1.82) is 0 Å². The molecule has 0 spiro atoms. The lowest BCUT2D eigenvalue weighted by Gasteiger charge is -2.19. The Hall–Kier alpha value is -1.99. The Kier molecular flexibility index (Phi) is 3.50. The van der Waals surface area contributed by atoms with Crippen molar-refractivity contribution in [3.63, 3.8) is 0 Å². The van der Waals surface area contributed by atoms with Gasteiger partial charge in [-0.15, -0.1) is 10.2 Å². The van der Waals surface area contributed by atoms with E-state index in [0.717, 1.165) is 24.5 Å². The first-order valence-corrected chi connectivity index (χ1v) is 6.38. The molecule has 0 unspecified atom stereocenters. The highest BCUT2D eigenvalue weighted by Crippen LogP contribution is 2.26. The third-order valence-corrected chi connectivity index (χ3v) is 2.80. The van der Waals surface area contributed by atoms with Crippen LogP contribution in [0.15, 0.2) is 0 Å². The Labute approximate surface area is 112 Å². The molecule has 0 amide bonds. The van der Waals surface area contributed by atoms with Gasteiger partial charge < -0.3 is 5.73 Å². The van der Waals surface area contributed by atoms with Crippen LogP contribution in [0.5, 0.6) is 0 Å². The molecule has 0 atom stereocenters. The summed E-state index contributed by atoms with van der Waals surface area (Å²) in [7, 11) is 0. The molecule has 19 heavy (non-hydrogen) atoms. The summed E-state index contributed by atoms with van der Waals surface area (Å²) in [4.78, 5) is 0. The summed E-state index contributed by atoms with van der Waals surface area (Å²) >= 11 is 0. The van der Waals surface area contributed by atoms with Crippen LogP contribution in [0.1, 0.15) is 45.6 Å². The van der Waals surface area contributed by atoms with Gasteiger partial charge in [-0.05, 0) is 16.8 Å². The molecule has 2 aromatic heterocycles. The Balaban J connectivity index is 2.31. The molecule has 0 aliphatic rings. The molecule has 8 nitrogen and oxygen atoms in total. The highest BCUT2D eigenvalue weighted by molar-refractivity contribution is 5.38. The summed E-state index contributed by atoms with van der Waals surface area (Å²) in [5, 5.41) is 19.7. The van der Waals surface area contributed by atoms with Gasteiger partial charge in [0.1, 0.15) is 6.54 Å². The molecule has 2 rings (SSSR count). The van der Waals surface area contributed by atoms with Crippen molar-refractivity contribution in [2.45, 2.75) is 52.6 Å². The van der Waals surface area contributed by atoms with E-state index in [0.29, 0.717) is 12.4 Å². The number of hydrogen-bond donors (Lipinski definition) is 1. The van der Waals surface area contributed by atoms with Gasteiger partial charge in [-0.1, -0.05) is 32.9 Å². The van der Waals surface area contributed by atoms with Crippen molar-refractivity contribution in [2.24, 2.45) is 0 Å². The van der Waals surface area contributed by atoms with Gasteiger partial charge in [-0.2, -0.15) is 0 Å². The van der Waals surface area contributed by atoms with Gasteiger partial charge in [0, 0.05) is 12.0 Å². The maximum absolute atomic E-state index is 5.90. The van der Waals surface area contributed by atoms with Crippen LogP contribution >= 0.6 is 0 Å². The van der Waals surface area contributed by atoms with Gasteiger partial charge in [-0.3, -0.25) is 0 Å². The Morgan fingerprint density at radius 3 is 2.47 bits per heavy atom.